The highest BCUT2D eigenvalue weighted by molar-refractivity contribution is 7.98. The number of ether oxygens (including phenoxy) is 1. The van der Waals surface area contributed by atoms with Crippen LogP contribution in [0, 0.1) is 11.2 Å². The molecule has 8 heteroatoms. The summed E-state index contributed by atoms with van der Waals surface area (Å²) in [7, 11) is 0. The van der Waals surface area contributed by atoms with Gasteiger partial charge in [0, 0.05) is 23.4 Å². The number of nitrogens with zero attached hydrogens (tertiary/aromatic N) is 3. The van der Waals surface area contributed by atoms with Crippen molar-refractivity contribution in [2.75, 3.05) is 11.9 Å². The number of anilines is 1. The van der Waals surface area contributed by atoms with Crippen molar-refractivity contribution in [3.8, 4) is 5.75 Å². The van der Waals surface area contributed by atoms with Gasteiger partial charge in [-0.2, -0.15) is 4.98 Å². The fourth-order valence-corrected chi connectivity index (χ4v) is 5.64. The van der Waals surface area contributed by atoms with Crippen LogP contribution >= 0.6 is 11.8 Å². The van der Waals surface area contributed by atoms with Crippen LogP contribution in [-0.2, 0) is 10.5 Å². The Labute approximate surface area is 215 Å². The molecule has 0 bridgehead atoms. The highest BCUT2D eigenvalue weighted by Crippen LogP contribution is 2.46. The summed E-state index contributed by atoms with van der Waals surface area (Å²) in [6, 6.07) is 14.2. The van der Waals surface area contributed by atoms with E-state index in [-0.39, 0.29) is 17.0 Å². The van der Waals surface area contributed by atoms with Crippen molar-refractivity contribution in [3.63, 3.8) is 0 Å². The predicted molar refractivity (Wildman–Crippen MR) is 140 cm³/mol. The van der Waals surface area contributed by atoms with Crippen molar-refractivity contribution < 1.29 is 13.9 Å². The average Bonchev–Trinajstić information content (AvgIpc) is 3.24. The number of carbonyl (C=O) groups excluding carboxylic acids is 1. The fourth-order valence-electron chi connectivity index (χ4n) is 4.83. The lowest BCUT2D eigenvalue weighted by Gasteiger charge is -2.38. The second kappa shape index (κ2) is 10.1. The molecule has 0 fully saturated rings. The lowest BCUT2D eigenvalue weighted by molar-refractivity contribution is -0.118. The van der Waals surface area contributed by atoms with Crippen LogP contribution in [0.25, 0.3) is 0 Å². The molecular weight excluding hydrogens is 475 g/mol. The van der Waals surface area contributed by atoms with Gasteiger partial charge in [-0.3, -0.25) is 4.79 Å². The van der Waals surface area contributed by atoms with Crippen molar-refractivity contribution in [2.45, 2.75) is 63.4 Å². The molecule has 0 amide bonds. The van der Waals surface area contributed by atoms with Gasteiger partial charge in [0.05, 0.1) is 6.61 Å². The smallest absolute Gasteiger partial charge is 0.227 e. The number of ketones is 1. The summed E-state index contributed by atoms with van der Waals surface area (Å²) in [6.45, 7) is 7.01. The number of Topliss-reactive ketones (excluding diaryl/α,β-unsaturated/α-hetero) is 1. The van der Waals surface area contributed by atoms with Crippen LogP contribution in [0.1, 0.15) is 63.6 Å². The Morgan fingerprint density at radius 3 is 2.83 bits per heavy atom. The van der Waals surface area contributed by atoms with Crippen LogP contribution in [0.4, 0.5) is 10.3 Å². The number of carbonyl (C=O) groups is 1. The van der Waals surface area contributed by atoms with E-state index in [4.69, 9.17) is 14.8 Å². The molecule has 188 valence electrons. The number of hydrogen-bond donors (Lipinski definition) is 1. The molecule has 1 atom stereocenters. The van der Waals surface area contributed by atoms with Gasteiger partial charge in [-0.25, -0.2) is 9.07 Å². The third-order valence-electron chi connectivity index (χ3n) is 6.57. The van der Waals surface area contributed by atoms with E-state index in [0.29, 0.717) is 35.4 Å². The Morgan fingerprint density at radius 1 is 1.19 bits per heavy atom. The topological polar surface area (TPSA) is 69.0 Å². The molecule has 36 heavy (non-hydrogen) atoms. The lowest BCUT2D eigenvalue weighted by Crippen LogP contribution is -2.36. The molecule has 1 aliphatic heterocycles. The van der Waals surface area contributed by atoms with Crippen molar-refractivity contribution in [1.29, 1.82) is 0 Å². The second-order valence-corrected chi connectivity index (χ2v) is 11.1. The molecule has 1 unspecified atom stereocenters. The van der Waals surface area contributed by atoms with Crippen LogP contribution in [-0.4, -0.2) is 27.2 Å². The van der Waals surface area contributed by atoms with E-state index in [1.807, 2.05) is 30.3 Å². The largest absolute Gasteiger partial charge is 0.494 e. The molecule has 2 aliphatic rings. The molecule has 1 aromatic heterocycles. The monoisotopic (exact) mass is 506 g/mol. The molecule has 0 saturated carbocycles. The van der Waals surface area contributed by atoms with Crippen molar-refractivity contribution in [3.05, 3.63) is 76.7 Å². The van der Waals surface area contributed by atoms with E-state index in [1.165, 1.54) is 17.8 Å². The standard InChI is InChI=1S/C28H31FN4O2S/c1-4-5-13-35-20-11-8-10-18(14-20)25-24-22(15-28(2,3)16-23(24)34)30-26-31-27(32-33(25)26)36-17-19-9-6-7-12-21(19)29/h6-12,14,25H,4-5,13,15-17H2,1-3H3,(H,30,31,32). The number of rotatable bonds is 8. The molecule has 1 aliphatic carbocycles. The fraction of sp³-hybridized carbons (Fsp3) is 0.393. The highest BCUT2D eigenvalue weighted by Gasteiger charge is 2.42. The SMILES string of the molecule is CCCCOc1cccc(C2C3=C(CC(C)(C)CC3=O)Nc3nc(SCc4ccccc4F)nn32)c1. The minimum atomic E-state index is -0.398. The third-order valence-corrected chi connectivity index (χ3v) is 7.45. The Bertz CT molecular complexity index is 1320. The number of aromatic nitrogens is 3. The number of fused-ring (bicyclic) bond motifs is 1. The minimum absolute atomic E-state index is 0.123. The number of hydrogen-bond acceptors (Lipinski definition) is 6. The quantitative estimate of drug-likeness (QED) is 0.276. The summed E-state index contributed by atoms with van der Waals surface area (Å²) in [5.74, 6) is 1.67. The van der Waals surface area contributed by atoms with Gasteiger partial charge in [0.2, 0.25) is 11.1 Å². The molecule has 2 aromatic carbocycles. The maximum Gasteiger partial charge on any atom is 0.227 e. The zero-order valence-electron chi connectivity index (χ0n) is 20.9. The molecular formula is C28H31FN4O2S. The van der Waals surface area contributed by atoms with Crippen LogP contribution in [0.3, 0.4) is 0 Å². The van der Waals surface area contributed by atoms with Gasteiger partial charge in [-0.05, 0) is 47.6 Å². The summed E-state index contributed by atoms with van der Waals surface area (Å²) in [5.41, 5.74) is 3.05. The van der Waals surface area contributed by atoms with E-state index < -0.39 is 6.04 Å². The van der Waals surface area contributed by atoms with Crippen LogP contribution < -0.4 is 10.1 Å². The first kappa shape index (κ1) is 24.6. The maximum absolute atomic E-state index is 14.1. The summed E-state index contributed by atoms with van der Waals surface area (Å²) in [4.78, 5) is 18.2. The first-order chi connectivity index (χ1) is 17.3. The normalized spacial score (nSPS) is 18.4. The molecule has 3 aromatic rings. The second-order valence-electron chi connectivity index (χ2n) is 10.2. The number of allylic oxidation sites excluding steroid dienone is 2. The highest BCUT2D eigenvalue weighted by atomic mass is 32.2. The number of thioether (sulfide) groups is 1. The van der Waals surface area contributed by atoms with Crippen molar-refractivity contribution in [2.24, 2.45) is 5.41 Å². The average molecular weight is 507 g/mol. The van der Waals surface area contributed by atoms with Gasteiger partial charge in [-0.15, -0.1) is 5.10 Å². The summed E-state index contributed by atoms with van der Waals surface area (Å²) in [6.07, 6.45) is 3.28. The van der Waals surface area contributed by atoms with Gasteiger partial charge in [-0.1, -0.05) is 69.3 Å². The Hall–Kier alpha value is -3.13. The summed E-state index contributed by atoms with van der Waals surface area (Å²) >= 11 is 1.38. The molecule has 0 spiro atoms. The lowest BCUT2D eigenvalue weighted by atomic mass is 9.73. The van der Waals surface area contributed by atoms with E-state index in [2.05, 4.69) is 26.1 Å². The maximum atomic E-state index is 14.1. The molecule has 0 saturated heterocycles. The summed E-state index contributed by atoms with van der Waals surface area (Å²) in [5, 5.41) is 8.71. The summed E-state index contributed by atoms with van der Waals surface area (Å²) < 4.78 is 21.9. The number of halogens is 1. The van der Waals surface area contributed by atoms with Gasteiger partial charge in [0.1, 0.15) is 17.6 Å². The Kier molecular flexibility index (Phi) is 6.88. The van der Waals surface area contributed by atoms with Gasteiger partial charge in [0.25, 0.3) is 0 Å². The van der Waals surface area contributed by atoms with Crippen LogP contribution in [0.2, 0.25) is 0 Å². The van der Waals surface area contributed by atoms with E-state index in [9.17, 15) is 9.18 Å². The number of benzene rings is 2. The number of unbranched alkanes of at least 4 members (excludes halogenated alkanes) is 1. The van der Waals surface area contributed by atoms with Gasteiger partial charge in [0.15, 0.2) is 5.78 Å². The van der Waals surface area contributed by atoms with Crippen molar-refractivity contribution >= 4 is 23.5 Å². The third kappa shape index (κ3) is 5.05. The number of nitrogens with one attached hydrogen (secondary N) is 1. The minimum Gasteiger partial charge on any atom is -0.494 e. The molecule has 6 nitrogen and oxygen atoms in total. The Morgan fingerprint density at radius 2 is 2.03 bits per heavy atom. The van der Waals surface area contributed by atoms with Crippen LogP contribution in [0.5, 0.6) is 5.75 Å². The van der Waals surface area contributed by atoms with E-state index in [0.717, 1.165) is 41.8 Å². The first-order valence-corrected chi connectivity index (χ1v) is 13.4. The van der Waals surface area contributed by atoms with E-state index in [1.54, 1.807) is 16.8 Å². The van der Waals surface area contributed by atoms with Gasteiger partial charge < -0.3 is 10.1 Å². The van der Waals surface area contributed by atoms with E-state index >= 15 is 0 Å². The zero-order chi connectivity index (χ0) is 25.3. The first-order valence-electron chi connectivity index (χ1n) is 12.4. The molecule has 2 heterocycles. The zero-order valence-corrected chi connectivity index (χ0v) is 21.7. The van der Waals surface area contributed by atoms with Gasteiger partial charge >= 0.3 is 0 Å². The molecule has 0 radical (unpaired) electrons. The molecule has 1 N–H and O–H groups in total. The molecule has 5 rings (SSSR count). The predicted octanol–water partition coefficient (Wildman–Crippen LogP) is 6.55. The van der Waals surface area contributed by atoms with Crippen molar-refractivity contribution in [1.82, 2.24) is 14.8 Å². The van der Waals surface area contributed by atoms with Crippen LogP contribution in [0.15, 0.2) is 65.0 Å². The Balaban J connectivity index is 1.51.